The maximum atomic E-state index is 10.9. The second-order valence-electron chi connectivity index (χ2n) is 4.18. The summed E-state index contributed by atoms with van der Waals surface area (Å²) in [6, 6.07) is 5.31. The number of benzene rings is 1. The Bertz CT molecular complexity index is 691. The number of rotatable bonds is 5. The zero-order valence-electron chi connectivity index (χ0n) is 11.8. The van der Waals surface area contributed by atoms with E-state index in [1.165, 1.54) is 20.1 Å². The lowest BCUT2D eigenvalue weighted by atomic mass is 10.1. The molecule has 0 fully saturated rings. The average molecular weight is 290 g/mol. The smallest absolute Gasteiger partial charge is 0.338 e. The summed E-state index contributed by atoms with van der Waals surface area (Å²) < 4.78 is 15.2. The van der Waals surface area contributed by atoms with Gasteiger partial charge in [-0.15, -0.1) is 0 Å². The van der Waals surface area contributed by atoms with E-state index >= 15 is 0 Å². The summed E-state index contributed by atoms with van der Waals surface area (Å²) >= 11 is 0. The summed E-state index contributed by atoms with van der Waals surface area (Å²) in [5.74, 6) is 1.36. The first-order chi connectivity index (χ1) is 10.1. The van der Waals surface area contributed by atoms with Crippen molar-refractivity contribution in [3.05, 3.63) is 45.3 Å². The van der Waals surface area contributed by atoms with Gasteiger partial charge < -0.3 is 14.0 Å². The van der Waals surface area contributed by atoms with E-state index in [4.69, 9.17) is 14.0 Å². The Morgan fingerprint density at radius 2 is 1.95 bits per heavy atom. The lowest BCUT2D eigenvalue weighted by Gasteiger charge is -2.07. The average Bonchev–Trinajstić information content (AvgIpc) is 2.85. The SMILES string of the molecule is COc1ccc(C=Cc2noc(C)c2[N+](=O)[O-])cc1OC. The molecule has 0 aliphatic heterocycles. The number of aromatic nitrogens is 1. The molecule has 0 aliphatic carbocycles. The second-order valence-corrected chi connectivity index (χ2v) is 4.18. The van der Waals surface area contributed by atoms with Crippen LogP contribution in [0.15, 0.2) is 22.7 Å². The molecule has 7 nitrogen and oxygen atoms in total. The third-order valence-electron chi connectivity index (χ3n) is 2.88. The van der Waals surface area contributed by atoms with Gasteiger partial charge in [0, 0.05) is 6.92 Å². The van der Waals surface area contributed by atoms with Crippen molar-refractivity contribution in [1.29, 1.82) is 0 Å². The quantitative estimate of drug-likeness (QED) is 0.621. The van der Waals surface area contributed by atoms with Crippen molar-refractivity contribution >= 4 is 17.8 Å². The van der Waals surface area contributed by atoms with Crippen LogP contribution in [0.2, 0.25) is 0 Å². The van der Waals surface area contributed by atoms with Gasteiger partial charge >= 0.3 is 5.69 Å². The molecule has 0 N–H and O–H groups in total. The third kappa shape index (κ3) is 3.02. The number of nitro groups is 1. The predicted octanol–water partition coefficient (Wildman–Crippen LogP) is 3.08. The van der Waals surface area contributed by atoms with Crippen molar-refractivity contribution in [1.82, 2.24) is 5.16 Å². The van der Waals surface area contributed by atoms with Crippen LogP contribution in [0.4, 0.5) is 5.69 Å². The molecule has 1 aromatic carbocycles. The molecule has 21 heavy (non-hydrogen) atoms. The van der Waals surface area contributed by atoms with Crippen LogP contribution in [0.5, 0.6) is 11.5 Å². The van der Waals surface area contributed by atoms with Crippen molar-refractivity contribution in [3.8, 4) is 11.5 Å². The van der Waals surface area contributed by atoms with E-state index in [1.807, 2.05) is 0 Å². The fraction of sp³-hybridized carbons (Fsp3) is 0.214. The van der Waals surface area contributed by atoms with Gasteiger partial charge in [0.2, 0.25) is 5.76 Å². The minimum atomic E-state index is -0.514. The zero-order chi connectivity index (χ0) is 15.4. The maximum absolute atomic E-state index is 10.9. The molecular formula is C14H14N2O5. The Labute approximate surface area is 120 Å². The van der Waals surface area contributed by atoms with Crippen LogP contribution in [0.3, 0.4) is 0 Å². The number of hydrogen-bond acceptors (Lipinski definition) is 6. The van der Waals surface area contributed by atoms with E-state index in [9.17, 15) is 10.1 Å². The van der Waals surface area contributed by atoms with E-state index in [2.05, 4.69) is 5.16 Å². The standard InChI is InChI=1S/C14H14N2O5/c1-9-14(16(17)18)11(15-21-9)6-4-10-5-7-12(19-2)13(8-10)20-3/h4-8H,1-3H3. The van der Waals surface area contributed by atoms with Crippen LogP contribution in [0.25, 0.3) is 12.2 Å². The first kappa shape index (κ1) is 14.6. The number of methoxy groups -OCH3 is 2. The highest BCUT2D eigenvalue weighted by Crippen LogP contribution is 2.29. The summed E-state index contributed by atoms with van der Waals surface area (Å²) in [7, 11) is 3.09. The van der Waals surface area contributed by atoms with Gasteiger partial charge in [-0.25, -0.2) is 0 Å². The number of nitrogens with zero attached hydrogens (tertiary/aromatic N) is 2. The minimum absolute atomic E-state index is 0.133. The van der Waals surface area contributed by atoms with Gasteiger partial charge in [0.05, 0.1) is 19.1 Å². The van der Waals surface area contributed by atoms with Gasteiger partial charge in [-0.2, -0.15) is 0 Å². The third-order valence-corrected chi connectivity index (χ3v) is 2.88. The molecule has 110 valence electrons. The molecule has 0 bridgehead atoms. The summed E-state index contributed by atoms with van der Waals surface area (Å²) in [5, 5.41) is 14.6. The first-order valence-corrected chi connectivity index (χ1v) is 6.07. The summed E-state index contributed by atoms with van der Waals surface area (Å²) in [6.07, 6.45) is 3.21. The summed E-state index contributed by atoms with van der Waals surface area (Å²) in [5.41, 5.74) is 0.835. The van der Waals surface area contributed by atoms with E-state index in [1.54, 1.807) is 31.4 Å². The molecule has 0 aliphatic rings. The molecule has 1 heterocycles. The monoisotopic (exact) mass is 290 g/mol. The molecule has 7 heteroatoms. The second kappa shape index (κ2) is 6.08. The van der Waals surface area contributed by atoms with E-state index in [0.29, 0.717) is 11.5 Å². The first-order valence-electron chi connectivity index (χ1n) is 6.07. The highest BCUT2D eigenvalue weighted by molar-refractivity contribution is 5.73. The largest absolute Gasteiger partial charge is 0.493 e. The topological polar surface area (TPSA) is 87.6 Å². The van der Waals surface area contributed by atoms with Gasteiger partial charge in [0.1, 0.15) is 0 Å². The molecule has 0 atom stereocenters. The van der Waals surface area contributed by atoms with Gasteiger partial charge in [0.15, 0.2) is 17.2 Å². The molecule has 0 saturated carbocycles. The number of hydrogen-bond donors (Lipinski definition) is 0. The fourth-order valence-corrected chi connectivity index (χ4v) is 1.85. The molecule has 2 rings (SSSR count). The van der Waals surface area contributed by atoms with Crippen molar-refractivity contribution in [2.45, 2.75) is 6.92 Å². The molecule has 1 aromatic heterocycles. The number of aryl methyl sites for hydroxylation is 1. The zero-order valence-corrected chi connectivity index (χ0v) is 11.8. The molecule has 2 aromatic rings. The Hall–Kier alpha value is -2.83. The predicted molar refractivity (Wildman–Crippen MR) is 76.4 cm³/mol. The highest BCUT2D eigenvalue weighted by Gasteiger charge is 2.21. The lowest BCUT2D eigenvalue weighted by molar-refractivity contribution is -0.386. The number of ether oxygens (including phenoxy) is 2. The van der Waals surface area contributed by atoms with E-state index in [0.717, 1.165) is 5.56 Å². The van der Waals surface area contributed by atoms with Crippen molar-refractivity contribution < 1.29 is 18.9 Å². The lowest BCUT2D eigenvalue weighted by Crippen LogP contribution is -1.91. The van der Waals surface area contributed by atoms with Gasteiger partial charge in [-0.1, -0.05) is 17.3 Å². The van der Waals surface area contributed by atoms with E-state index < -0.39 is 4.92 Å². The molecule has 0 amide bonds. The molecule has 0 radical (unpaired) electrons. The Balaban J connectivity index is 2.32. The summed E-state index contributed by atoms with van der Waals surface area (Å²) in [6.45, 7) is 1.50. The van der Waals surface area contributed by atoms with Crippen LogP contribution in [-0.4, -0.2) is 24.3 Å². The van der Waals surface area contributed by atoms with Crippen LogP contribution < -0.4 is 9.47 Å². The molecular weight excluding hydrogens is 276 g/mol. The molecule has 0 spiro atoms. The Kier molecular flexibility index (Phi) is 4.22. The fourth-order valence-electron chi connectivity index (χ4n) is 1.85. The van der Waals surface area contributed by atoms with Crippen molar-refractivity contribution in [3.63, 3.8) is 0 Å². The van der Waals surface area contributed by atoms with Gasteiger partial charge in [0.25, 0.3) is 0 Å². The van der Waals surface area contributed by atoms with Crippen LogP contribution >= 0.6 is 0 Å². The van der Waals surface area contributed by atoms with Crippen LogP contribution in [0, 0.1) is 17.0 Å². The molecule has 0 saturated heterocycles. The minimum Gasteiger partial charge on any atom is -0.493 e. The maximum Gasteiger partial charge on any atom is 0.338 e. The Morgan fingerprint density at radius 3 is 2.57 bits per heavy atom. The van der Waals surface area contributed by atoms with Gasteiger partial charge in [-0.3, -0.25) is 10.1 Å². The highest BCUT2D eigenvalue weighted by atomic mass is 16.6. The van der Waals surface area contributed by atoms with Crippen LogP contribution in [0.1, 0.15) is 17.0 Å². The van der Waals surface area contributed by atoms with Crippen molar-refractivity contribution in [2.75, 3.05) is 14.2 Å². The van der Waals surface area contributed by atoms with E-state index in [-0.39, 0.29) is 17.1 Å². The normalized spacial score (nSPS) is 10.8. The van der Waals surface area contributed by atoms with Crippen molar-refractivity contribution in [2.24, 2.45) is 0 Å². The summed E-state index contributed by atoms with van der Waals surface area (Å²) in [4.78, 5) is 10.4. The Morgan fingerprint density at radius 1 is 1.24 bits per heavy atom. The van der Waals surface area contributed by atoms with Gasteiger partial charge in [-0.05, 0) is 23.8 Å². The van der Waals surface area contributed by atoms with Crippen LogP contribution in [-0.2, 0) is 0 Å². The molecule has 0 unspecified atom stereocenters.